The van der Waals surface area contributed by atoms with Crippen molar-refractivity contribution in [2.24, 2.45) is 17.8 Å². The summed E-state index contributed by atoms with van der Waals surface area (Å²) in [5, 5.41) is 10.7. The van der Waals surface area contributed by atoms with Crippen LogP contribution in [0.2, 0.25) is 0 Å². The van der Waals surface area contributed by atoms with Crippen LogP contribution in [0.25, 0.3) is 0 Å². The normalized spacial score (nSPS) is 33.9. The molecule has 0 unspecified atom stereocenters. The van der Waals surface area contributed by atoms with E-state index in [0.717, 1.165) is 37.5 Å². The number of hydrogen-bond acceptors (Lipinski definition) is 2. The topological polar surface area (TPSA) is 40.1 Å². The summed E-state index contributed by atoms with van der Waals surface area (Å²) in [6.45, 7) is 0. The number of aliphatic carboxylic acids is 1. The fourth-order valence-corrected chi connectivity index (χ4v) is 3.43. The number of carboxylic acid groups (broad SMARTS) is 1. The molecule has 0 N–H and O–H groups in total. The third kappa shape index (κ3) is 2.73. The van der Waals surface area contributed by atoms with E-state index in [4.69, 9.17) is 0 Å². The molecule has 2 heteroatoms. The standard InChI is InChI=1S/C13H22O2/c14-13(15)12-8-6-11(7-9-12)10-4-2-1-3-5-10/h10-12H,1-9H2,(H,14,15)/p-1. The third-order valence-corrected chi connectivity index (χ3v) is 4.42. The van der Waals surface area contributed by atoms with E-state index in [9.17, 15) is 9.90 Å². The van der Waals surface area contributed by atoms with Crippen LogP contribution < -0.4 is 5.11 Å². The molecule has 0 heterocycles. The van der Waals surface area contributed by atoms with E-state index in [2.05, 4.69) is 0 Å². The molecule has 15 heavy (non-hydrogen) atoms. The van der Waals surface area contributed by atoms with Crippen molar-refractivity contribution in [2.45, 2.75) is 57.8 Å². The van der Waals surface area contributed by atoms with Crippen LogP contribution in [-0.4, -0.2) is 5.97 Å². The van der Waals surface area contributed by atoms with Gasteiger partial charge in [-0.3, -0.25) is 0 Å². The first kappa shape index (κ1) is 11.0. The van der Waals surface area contributed by atoms with Gasteiger partial charge >= 0.3 is 0 Å². The average Bonchev–Trinajstić information content (AvgIpc) is 2.30. The zero-order chi connectivity index (χ0) is 10.7. The Morgan fingerprint density at radius 1 is 0.800 bits per heavy atom. The van der Waals surface area contributed by atoms with E-state index in [-0.39, 0.29) is 5.92 Å². The van der Waals surface area contributed by atoms with Crippen LogP contribution >= 0.6 is 0 Å². The van der Waals surface area contributed by atoms with Crippen LogP contribution in [-0.2, 0) is 4.79 Å². The number of carbonyl (C=O) groups is 1. The lowest BCUT2D eigenvalue weighted by Crippen LogP contribution is -2.35. The highest BCUT2D eigenvalue weighted by Crippen LogP contribution is 2.39. The van der Waals surface area contributed by atoms with Crippen LogP contribution in [0.15, 0.2) is 0 Å². The molecule has 2 aliphatic carbocycles. The molecule has 86 valence electrons. The second kappa shape index (κ2) is 5.00. The van der Waals surface area contributed by atoms with E-state index in [1.807, 2.05) is 0 Å². The van der Waals surface area contributed by atoms with Crippen LogP contribution in [0.1, 0.15) is 57.8 Å². The molecule has 2 aliphatic rings. The Bertz CT molecular complexity index is 211. The highest BCUT2D eigenvalue weighted by atomic mass is 16.4. The summed E-state index contributed by atoms with van der Waals surface area (Å²) in [5.74, 6) is 0.754. The molecule has 0 aromatic carbocycles. The van der Waals surface area contributed by atoms with Gasteiger partial charge in [-0.2, -0.15) is 0 Å². The van der Waals surface area contributed by atoms with Gasteiger partial charge in [-0.25, -0.2) is 0 Å². The van der Waals surface area contributed by atoms with Crippen LogP contribution in [0.4, 0.5) is 0 Å². The van der Waals surface area contributed by atoms with Gasteiger partial charge < -0.3 is 9.90 Å². The van der Waals surface area contributed by atoms with Crippen molar-refractivity contribution in [3.05, 3.63) is 0 Å². The molecule has 0 saturated heterocycles. The zero-order valence-electron chi connectivity index (χ0n) is 9.41. The maximum atomic E-state index is 10.7. The van der Waals surface area contributed by atoms with Crippen molar-refractivity contribution >= 4 is 5.97 Å². The Morgan fingerprint density at radius 2 is 1.33 bits per heavy atom. The molecule has 2 saturated carbocycles. The highest BCUT2D eigenvalue weighted by Gasteiger charge is 2.28. The minimum absolute atomic E-state index is 0.148. The first-order chi connectivity index (χ1) is 7.27. The van der Waals surface area contributed by atoms with E-state index in [1.165, 1.54) is 32.1 Å². The molecule has 0 atom stereocenters. The van der Waals surface area contributed by atoms with Gasteiger partial charge in [0.05, 0.1) is 0 Å². The minimum Gasteiger partial charge on any atom is -0.550 e. The van der Waals surface area contributed by atoms with Gasteiger partial charge in [0, 0.05) is 5.97 Å². The van der Waals surface area contributed by atoms with Crippen molar-refractivity contribution in [3.63, 3.8) is 0 Å². The van der Waals surface area contributed by atoms with Crippen molar-refractivity contribution in [2.75, 3.05) is 0 Å². The van der Waals surface area contributed by atoms with E-state index in [0.29, 0.717) is 0 Å². The molecule has 2 nitrogen and oxygen atoms in total. The first-order valence-electron chi connectivity index (χ1n) is 6.48. The fraction of sp³-hybridized carbons (Fsp3) is 0.923. The van der Waals surface area contributed by atoms with E-state index in [1.54, 1.807) is 0 Å². The van der Waals surface area contributed by atoms with Gasteiger partial charge in [-0.1, -0.05) is 32.1 Å². The maximum Gasteiger partial charge on any atom is 0.0445 e. The number of hydrogen-bond donors (Lipinski definition) is 0. The number of carboxylic acids is 1. The highest BCUT2D eigenvalue weighted by molar-refractivity contribution is 5.67. The second-order valence-electron chi connectivity index (χ2n) is 5.33. The zero-order valence-corrected chi connectivity index (χ0v) is 9.41. The summed E-state index contributed by atoms with van der Waals surface area (Å²) >= 11 is 0. The van der Waals surface area contributed by atoms with Gasteiger partial charge in [-0.15, -0.1) is 0 Å². The third-order valence-electron chi connectivity index (χ3n) is 4.42. The number of rotatable bonds is 2. The monoisotopic (exact) mass is 209 g/mol. The molecule has 0 bridgehead atoms. The Kier molecular flexibility index (Phi) is 3.66. The van der Waals surface area contributed by atoms with Crippen LogP contribution in [0, 0.1) is 17.8 Å². The lowest BCUT2D eigenvalue weighted by molar-refractivity contribution is -0.312. The summed E-state index contributed by atoms with van der Waals surface area (Å²) in [6, 6.07) is 0. The molecule has 0 aromatic heterocycles. The van der Waals surface area contributed by atoms with Crippen LogP contribution in [0.3, 0.4) is 0 Å². The van der Waals surface area contributed by atoms with Gasteiger partial charge in [0.2, 0.25) is 0 Å². The molecule has 0 aromatic rings. The molecule has 0 radical (unpaired) electrons. The molecular weight excluding hydrogens is 188 g/mol. The predicted molar refractivity (Wildman–Crippen MR) is 57.0 cm³/mol. The van der Waals surface area contributed by atoms with Crippen molar-refractivity contribution in [1.29, 1.82) is 0 Å². The largest absolute Gasteiger partial charge is 0.550 e. The summed E-state index contributed by atoms with van der Waals surface area (Å²) in [5.41, 5.74) is 0. The van der Waals surface area contributed by atoms with Crippen molar-refractivity contribution in [1.82, 2.24) is 0 Å². The lowest BCUT2D eigenvalue weighted by Gasteiger charge is -2.36. The molecule has 0 spiro atoms. The molecule has 2 rings (SSSR count). The second-order valence-corrected chi connectivity index (χ2v) is 5.33. The summed E-state index contributed by atoms with van der Waals surface area (Å²) < 4.78 is 0. The predicted octanol–water partition coefficient (Wildman–Crippen LogP) is 2.12. The molecule has 0 aliphatic heterocycles. The number of carbonyl (C=O) groups excluding carboxylic acids is 1. The quantitative estimate of drug-likeness (QED) is 0.699. The van der Waals surface area contributed by atoms with E-state index >= 15 is 0 Å². The van der Waals surface area contributed by atoms with Gasteiger partial charge in [0.15, 0.2) is 0 Å². The Labute approximate surface area is 92.1 Å². The van der Waals surface area contributed by atoms with E-state index < -0.39 is 5.97 Å². The molecule has 2 fully saturated rings. The Balaban J connectivity index is 1.79. The lowest BCUT2D eigenvalue weighted by atomic mass is 9.71. The van der Waals surface area contributed by atoms with Gasteiger partial charge in [-0.05, 0) is 43.4 Å². The summed E-state index contributed by atoms with van der Waals surface area (Å²) in [4.78, 5) is 10.7. The Hall–Kier alpha value is -0.530. The Morgan fingerprint density at radius 3 is 1.87 bits per heavy atom. The fourth-order valence-electron chi connectivity index (χ4n) is 3.43. The minimum atomic E-state index is -0.822. The first-order valence-corrected chi connectivity index (χ1v) is 6.48. The van der Waals surface area contributed by atoms with Crippen LogP contribution in [0.5, 0.6) is 0 Å². The SMILES string of the molecule is O=C([O-])C1CCC(C2CCCCC2)CC1. The molecular formula is C13H21O2-. The van der Waals surface area contributed by atoms with Crippen molar-refractivity contribution < 1.29 is 9.90 Å². The van der Waals surface area contributed by atoms with Gasteiger partial charge in [0.1, 0.15) is 0 Å². The summed E-state index contributed by atoms with van der Waals surface area (Å²) in [7, 11) is 0. The molecule has 0 amide bonds. The summed E-state index contributed by atoms with van der Waals surface area (Å²) in [6.07, 6.45) is 11.0. The van der Waals surface area contributed by atoms with Crippen molar-refractivity contribution in [3.8, 4) is 0 Å². The maximum absolute atomic E-state index is 10.7. The average molecular weight is 209 g/mol. The van der Waals surface area contributed by atoms with Gasteiger partial charge in [0.25, 0.3) is 0 Å². The smallest absolute Gasteiger partial charge is 0.0445 e.